The number of hydrogen-bond acceptors (Lipinski definition) is 6. The van der Waals surface area contributed by atoms with Crippen molar-refractivity contribution < 1.29 is 19.1 Å². The maximum atomic E-state index is 12.6. The summed E-state index contributed by atoms with van der Waals surface area (Å²) in [4.78, 5) is 42.9. The fraction of sp³-hybridized carbons (Fsp3) is 0.455. The molecule has 2 heterocycles. The van der Waals surface area contributed by atoms with Gasteiger partial charge in [-0.2, -0.15) is 0 Å². The highest BCUT2D eigenvalue weighted by Gasteiger charge is 2.22. The molecule has 0 bridgehead atoms. The van der Waals surface area contributed by atoms with E-state index in [-0.39, 0.29) is 24.5 Å². The number of pyridine rings is 1. The summed E-state index contributed by atoms with van der Waals surface area (Å²) in [6, 6.07) is 7.04. The van der Waals surface area contributed by atoms with Crippen LogP contribution < -0.4 is 5.32 Å². The van der Waals surface area contributed by atoms with Crippen LogP contribution in [0.3, 0.4) is 0 Å². The molecule has 0 aliphatic carbocycles. The third-order valence-electron chi connectivity index (χ3n) is 4.10. The summed E-state index contributed by atoms with van der Waals surface area (Å²) in [6.07, 6.45) is 3.77. The molecule has 0 atom stereocenters. The molecule has 0 saturated heterocycles. The number of aromatic nitrogens is 1. The molecule has 9 heteroatoms. The van der Waals surface area contributed by atoms with Crippen LogP contribution in [0.25, 0.3) is 0 Å². The average molecular weight is 466 g/mol. The van der Waals surface area contributed by atoms with Crippen molar-refractivity contribution in [3.8, 4) is 0 Å². The Balaban J connectivity index is 1.77. The standard InChI is InChI=1S/C22H28ClN3O4S/c1-22(2,3)30-21(29)26(15-16-6-4-11-24-14-16)13-5-12-25-20(28)10-7-17(27)18-8-9-19(23)31-18/h4,6,8-9,11,14H,5,7,10,12-13,15H2,1-3H3,(H,25,28). The molecule has 2 aromatic heterocycles. The highest BCUT2D eigenvalue weighted by molar-refractivity contribution is 7.18. The van der Waals surface area contributed by atoms with Crippen molar-refractivity contribution in [2.45, 2.75) is 52.2 Å². The summed E-state index contributed by atoms with van der Waals surface area (Å²) >= 11 is 7.04. The number of thiophene rings is 1. The molecule has 0 spiro atoms. The van der Waals surface area contributed by atoms with E-state index in [4.69, 9.17) is 16.3 Å². The molecule has 0 fully saturated rings. The number of nitrogens with zero attached hydrogens (tertiary/aromatic N) is 2. The quantitative estimate of drug-likeness (QED) is 0.405. The largest absolute Gasteiger partial charge is 0.444 e. The normalized spacial score (nSPS) is 11.1. The lowest BCUT2D eigenvalue weighted by Crippen LogP contribution is -2.38. The van der Waals surface area contributed by atoms with Crippen molar-refractivity contribution in [2.24, 2.45) is 0 Å². The highest BCUT2D eigenvalue weighted by Crippen LogP contribution is 2.22. The molecule has 0 unspecified atom stereocenters. The van der Waals surface area contributed by atoms with Crippen molar-refractivity contribution in [3.05, 3.63) is 51.4 Å². The molecular formula is C22H28ClN3O4S. The van der Waals surface area contributed by atoms with E-state index in [0.717, 1.165) is 5.56 Å². The van der Waals surface area contributed by atoms with Gasteiger partial charge in [-0.25, -0.2) is 4.79 Å². The fourth-order valence-electron chi connectivity index (χ4n) is 2.67. The third kappa shape index (κ3) is 9.48. The van der Waals surface area contributed by atoms with E-state index in [1.165, 1.54) is 11.3 Å². The first kappa shape index (κ1) is 24.8. The molecule has 0 saturated carbocycles. The molecular weight excluding hydrogens is 438 g/mol. The van der Waals surface area contributed by atoms with E-state index in [1.54, 1.807) is 29.4 Å². The lowest BCUT2D eigenvalue weighted by Gasteiger charge is -2.27. The van der Waals surface area contributed by atoms with E-state index in [1.807, 2.05) is 32.9 Å². The van der Waals surface area contributed by atoms with Gasteiger partial charge in [-0.15, -0.1) is 11.3 Å². The van der Waals surface area contributed by atoms with Gasteiger partial charge in [0.1, 0.15) is 5.60 Å². The van der Waals surface area contributed by atoms with E-state index < -0.39 is 11.7 Å². The molecule has 168 valence electrons. The molecule has 2 rings (SSSR count). The van der Waals surface area contributed by atoms with E-state index >= 15 is 0 Å². The van der Waals surface area contributed by atoms with Gasteiger partial charge in [-0.3, -0.25) is 14.6 Å². The van der Waals surface area contributed by atoms with Gasteiger partial charge >= 0.3 is 6.09 Å². The van der Waals surface area contributed by atoms with Crippen LogP contribution in [0.2, 0.25) is 4.34 Å². The van der Waals surface area contributed by atoms with Gasteiger partial charge in [0.15, 0.2) is 5.78 Å². The number of ether oxygens (including phenoxy) is 1. The Bertz CT molecular complexity index is 880. The Hall–Kier alpha value is -2.45. The Morgan fingerprint density at radius 3 is 2.58 bits per heavy atom. The van der Waals surface area contributed by atoms with Crippen LogP contribution in [-0.4, -0.2) is 46.4 Å². The number of carbonyl (C=O) groups is 3. The number of carbonyl (C=O) groups excluding carboxylic acids is 3. The van der Waals surface area contributed by atoms with E-state index in [9.17, 15) is 14.4 Å². The van der Waals surface area contributed by atoms with Gasteiger partial charge in [0.2, 0.25) is 5.91 Å². The van der Waals surface area contributed by atoms with Gasteiger partial charge < -0.3 is 15.0 Å². The van der Waals surface area contributed by atoms with Crippen molar-refractivity contribution in [1.82, 2.24) is 15.2 Å². The first-order chi connectivity index (χ1) is 14.6. The number of hydrogen-bond donors (Lipinski definition) is 1. The molecule has 0 aliphatic heterocycles. The summed E-state index contributed by atoms with van der Waals surface area (Å²) in [6.45, 7) is 6.63. The van der Waals surface area contributed by atoms with Crippen LogP contribution in [0.15, 0.2) is 36.7 Å². The third-order valence-corrected chi connectivity index (χ3v) is 5.37. The zero-order valence-electron chi connectivity index (χ0n) is 18.0. The Morgan fingerprint density at radius 1 is 1.19 bits per heavy atom. The SMILES string of the molecule is CC(C)(C)OC(=O)N(CCCNC(=O)CCC(=O)c1ccc(Cl)s1)Cc1cccnc1. The predicted octanol–water partition coefficient (Wildman–Crippen LogP) is 4.70. The smallest absolute Gasteiger partial charge is 0.410 e. The number of rotatable bonds is 10. The second-order valence-corrected chi connectivity index (χ2v) is 9.71. The predicted molar refractivity (Wildman–Crippen MR) is 121 cm³/mol. The molecule has 7 nitrogen and oxygen atoms in total. The van der Waals surface area contributed by atoms with Crippen LogP contribution >= 0.6 is 22.9 Å². The molecule has 0 aromatic carbocycles. The number of ketones is 1. The van der Waals surface area contributed by atoms with Crippen LogP contribution in [0.5, 0.6) is 0 Å². The van der Waals surface area contributed by atoms with Crippen LogP contribution in [0.1, 0.15) is 55.3 Å². The first-order valence-corrected chi connectivity index (χ1v) is 11.3. The van der Waals surface area contributed by atoms with Crippen molar-refractivity contribution >= 4 is 40.7 Å². The van der Waals surface area contributed by atoms with Crippen LogP contribution in [0.4, 0.5) is 4.79 Å². The number of halogens is 1. The summed E-state index contributed by atoms with van der Waals surface area (Å²) in [5.41, 5.74) is 0.294. The van der Waals surface area contributed by atoms with Gasteiger partial charge in [0, 0.05) is 38.3 Å². The number of Topliss-reactive ketones (excluding diaryl/α,β-unsaturated/α-hetero) is 1. The minimum Gasteiger partial charge on any atom is -0.444 e. The number of amides is 2. The zero-order valence-corrected chi connectivity index (χ0v) is 19.6. The molecule has 31 heavy (non-hydrogen) atoms. The summed E-state index contributed by atoms with van der Waals surface area (Å²) < 4.78 is 6.04. The van der Waals surface area contributed by atoms with Crippen LogP contribution in [-0.2, 0) is 16.1 Å². The Kier molecular flexibility index (Phi) is 9.45. The summed E-state index contributed by atoms with van der Waals surface area (Å²) in [5.74, 6) is -0.299. The number of nitrogens with one attached hydrogen (secondary N) is 1. The second kappa shape index (κ2) is 11.8. The first-order valence-electron chi connectivity index (χ1n) is 10.1. The molecule has 0 aliphatic rings. The molecule has 0 radical (unpaired) electrons. The minimum absolute atomic E-state index is 0.0976. The summed E-state index contributed by atoms with van der Waals surface area (Å²) in [5, 5.41) is 2.80. The molecule has 2 amide bonds. The fourth-order valence-corrected chi connectivity index (χ4v) is 3.68. The molecule has 2 aromatic rings. The second-order valence-electron chi connectivity index (χ2n) is 7.99. The van der Waals surface area contributed by atoms with Gasteiger partial charge in [-0.05, 0) is 51.0 Å². The Morgan fingerprint density at radius 2 is 1.97 bits per heavy atom. The van der Waals surface area contributed by atoms with Gasteiger partial charge in [0.25, 0.3) is 0 Å². The van der Waals surface area contributed by atoms with Gasteiger partial charge in [0.05, 0.1) is 15.8 Å². The maximum Gasteiger partial charge on any atom is 0.410 e. The van der Waals surface area contributed by atoms with Crippen molar-refractivity contribution in [2.75, 3.05) is 13.1 Å². The lowest BCUT2D eigenvalue weighted by atomic mass is 10.2. The average Bonchev–Trinajstić information content (AvgIpc) is 3.14. The highest BCUT2D eigenvalue weighted by atomic mass is 35.5. The van der Waals surface area contributed by atoms with E-state index in [2.05, 4.69) is 10.3 Å². The zero-order chi connectivity index (χ0) is 22.9. The lowest BCUT2D eigenvalue weighted by molar-refractivity contribution is -0.121. The van der Waals surface area contributed by atoms with Crippen molar-refractivity contribution in [3.63, 3.8) is 0 Å². The topological polar surface area (TPSA) is 88.6 Å². The maximum absolute atomic E-state index is 12.6. The molecule has 1 N–H and O–H groups in total. The monoisotopic (exact) mass is 465 g/mol. The van der Waals surface area contributed by atoms with E-state index in [0.29, 0.717) is 35.3 Å². The van der Waals surface area contributed by atoms with Crippen LogP contribution in [0, 0.1) is 0 Å². The minimum atomic E-state index is -0.599. The summed E-state index contributed by atoms with van der Waals surface area (Å²) in [7, 11) is 0. The Labute approximate surface area is 191 Å². The van der Waals surface area contributed by atoms with Crippen molar-refractivity contribution in [1.29, 1.82) is 0 Å². The van der Waals surface area contributed by atoms with Gasteiger partial charge in [-0.1, -0.05) is 17.7 Å².